The molecule has 2 aromatic rings. The third-order valence-electron chi connectivity index (χ3n) is 2.25. The van der Waals surface area contributed by atoms with Crippen molar-refractivity contribution in [3.8, 4) is 5.69 Å². The summed E-state index contributed by atoms with van der Waals surface area (Å²) in [6.07, 6.45) is 4.03. The van der Waals surface area contributed by atoms with Gasteiger partial charge in [-0.25, -0.2) is 9.67 Å². The zero-order chi connectivity index (χ0) is 11.5. The molecule has 0 saturated heterocycles. The lowest BCUT2D eigenvalue weighted by Crippen LogP contribution is -2.19. The topological polar surface area (TPSA) is 56.7 Å². The van der Waals surface area contributed by atoms with E-state index in [1.165, 1.54) is 6.33 Å². The molecule has 1 aromatic heterocycles. The maximum Gasteiger partial charge on any atom is 0.138 e. The van der Waals surface area contributed by atoms with Crippen molar-refractivity contribution in [2.75, 3.05) is 0 Å². The van der Waals surface area contributed by atoms with Gasteiger partial charge in [0.05, 0.1) is 5.69 Å². The number of aromatic nitrogens is 3. The van der Waals surface area contributed by atoms with Crippen molar-refractivity contribution in [1.29, 1.82) is 0 Å². The molecule has 1 heterocycles. The molecule has 0 saturated carbocycles. The Bertz CT molecular complexity index is 465. The molecule has 1 aromatic carbocycles. The molecule has 1 unspecified atom stereocenters. The van der Waals surface area contributed by atoms with E-state index in [1.54, 1.807) is 11.0 Å². The lowest BCUT2D eigenvalue weighted by molar-refractivity contribution is 0.727. The second-order valence-corrected chi connectivity index (χ2v) is 4.71. The van der Waals surface area contributed by atoms with Crippen LogP contribution in [0.5, 0.6) is 0 Å². The van der Waals surface area contributed by atoms with E-state index < -0.39 is 0 Å². The highest BCUT2D eigenvalue weighted by Crippen LogP contribution is 2.20. The van der Waals surface area contributed by atoms with E-state index in [2.05, 4.69) is 32.1 Å². The van der Waals surface area contributed by atoms with Crippen LogP contribution in [0.3, 0.4) is 0 Å². The monoisotopic (exact) mass is 280 g/mol. The van der Waals surface area contributed by atoms with Crippen molar-refractivity contribution >= 4 is 15.9 Å². The molecule has 5 heteroatoms. The standard InChI is InChI=1S/C11H13BrN4/c1-8(13)4-9-5-10(12)2-3-11(9)16-7-14-6-15-16/h2-3,5-8H,4,13H2,1H3. The molecule has 0 amide bonds. The fourth-order valence-corrected chi connectivity index (χ4v) is 2.03. The molecule has 4 nitrogen and oxygen atoms in total. The highest BCUT2D eigenvalue weighted by atomic mass is 79.9. The second kappa shape index (κ2) is 4.76. The van der Waals surface area contributed by atoms with Crippen LogP contribution in [0.2, 0.25) is 0 Å². The molecule has 0 aliphatic rings. The van der Waals surface area contributed by atoms with Gasteiger partial charge in [0.25, 0.3) is 0 Å². The number of halogens is 1. The summed E-state index contributed by atoms with van der Waals surface area (Å²) in [6, 6.07) is 6.19. The molecule has 1 atom stereocenters. The highest BCUT2D eigenvalue weighted by Gasteiger charge is 2.08. The number of hydrogen-bond acceptors (Lipinski definition) is 3. The van der Waals surface area contributed by atoms with E-state index in [9.17, 15) is 0 Å². The lowest BCUT2D eigenvalue weighted by Gasteiger charge is -2.11. The fourth-order valence-electron chi connectivity index (χ4n) is 1.62. The van der Waals surface area contributed by atoms with Crippen molar-refractivity contribution in [3.05, 3.63) is 40.9 Å². The molecule has 0 spiro atoms. The van der Waals surface area contributed by atoms with Gasteiger partial charge in [-0.05, 0) is 37.1 Å². The number of hydrogen-bond donors (Lipinski definition) is 1. The van der Waals surface area contributed by atoms with Gasteiger partial charge in [-0.3, -0.25) is 0 Å². The van der Waals surface area contributed by atoms with Crippen LogP contribution >= 0.6 is 15.9 Å². The molecule has 0 aliphatic heterocycles. The Morgan fingerprint density at radius 1 is 1.50 bits per heavy atom. The van der Waals surface area contributed by atoms with Crippen molar-refractivity contribution in [2.45, 2.75) is 19.4 Å². The molecule has 0 fully saturated rings. The molecule has 2 N–H and O–H groups in total. The minimum atomic E-state index is 0.122. The maximum absolute atomic E-state index is 5.84. The van der Waals surface area contributed by atoms with Crippen LogP contribution < -0.4 is 5.73 Å². The molecule has 0 radical (unpaired) electrons. The Hall–Kier alpha value is -1.20. The minimum Gasteiger partial charge on any atom is -0.328 e. The van der Waals surface area contributed by atoms with Gasteiger partial charge in [0, 0.05) is 10.5 Å². The van der Waals surface area contributed by atoms with Gasteiger partial charge < -0.3 is 5.73 Å². The van der Waals surface area contributed by atoms with Crippen LogP contribution in [0.25, 0.3) is 5.69 Å². The van der Waals surface area contributed by atoms with Crippen LogP contribution in [0, 0.1) is 0 Å². The van der Waals surface area contributed by atoms with Gasteiger partial charge >= 0.3 is 0 Å². The van der Waals surface area contributed by atoms with Gasteiger partial charge in [-0.2, -0.15) is 5.10 Å². The average Bonchev–Trinajstić information content (AvgIpc) is 2.69. The first-order valence-corrected chi connectivity index (χ1v) is 5.85. The molecule has 0 aliphatic carbocycles. The average molecular weight is 281 g/mol. The Morgan fingerprint density at radius 2 is 2.31 bits per heavy atom. The molecular weight excluding hydrogens is 268 g/mol. The van der Waals surface area contributed by atoms with E-state index in [4.69, 9.17) is 5.73 Å². The van der Waals surface area contributed by atoms with Crippen LogP contribution in [-0.2, 0) is 6.42 Å². The Morgan fingerprint density at radius 3 is 2.94 bits per heavy atom. The van der Waals surface area contributed by atoms with Crippen molar-refractivity contribution in [2.24, 2.45) is 5.73 Å². The Kier molecular flexibility index (Phi) is 3.36. The minimum absolute atomic E-state index is 0.122. The summed E-state index contributed by atoms with van der Waals surface area (Å²) in [5.41, 5.74) is 8.02. The number of nitrogens with two attached hydrogens (primary N) is 1. The smallest absolute Gasteiger partial charge is 0.138 e. The van der Waals surface area contributed by atoms with Crippen molar-refractivity contribution < 1.29 is 0 Å². The zero-order valence-electron chi connectivity index (χ0n) is 8.97. The number of benzene rings is 1. The first kappa shape index (κ1) is 11.3. The first-order chi connectivity index (χ1) is 7.66. The lowest BCUT2D eigenvalue weighted by atomic mass is 10.1. The third-order valence-corrected chi connectivity index (χ3v) is 2.74. The predicted molar refractivity (Wildman–Crippen MR) is 66.4 cm³/mol. The third kappa shape index (κ3) is 2.48. The summed E-state index contributed by atoms with van der Waals surface area (Å²) < 4.78 is 2.80. The molecule has 16 heavy (non-hydrogen) atoms. The van der Waals surface area contributed by atoms with Crippen LogP contribution in [-0.4, -0.2) is 20.8 Å². The number of rotatable bonds is 3. The van der Waals surface area contributed by atoms with Crippen molar-refractivity contribution in [3.63, 3.8) is 0 Å². The maximum atomic E-state index is 5.84. The molecular formula is C11H13BrN4. The second-order valence-electron chi connectivity index (χ2n) is 3.79. The largest absolute Gasteiger partial charge is 0.328 e. The van der Waals surface area contributed by atoms with E-state index in [1.807, 2.05) is 19.1 Å². The van der Waals surface area contributed by atoms with Crippen LogP contribution in [0.1, 0.15) is 12.5 Å². The van der Waals surface area contributed by atoms with Gasteiger partial charge in [-0.1, -0.05) is 15.9 Å². The Balaban J connectivity index is 2.44. The summed E-state index contributed by atoms with van der Waals surface area (Å²) >= 11 is 3.46. The summed E-state index contributed by atoms with van der Waals surface area (Å²) in [5.74, 6) is 0. The summed E-state index contributed by atoms with van der Waals surface area (Å²) in [6.45, 7) is 1.99. The van der Waals surface area contributed by atoms with E-state index in [0.29, 0.717) is 0 Å². The van der Waals surface area contributed by atoms with E-state index in [0.717, 1.165) is 22.1 Å². The highest BCUT2D eigenvalue weighted by molar-refractivity contribution is 9.10. The van der Waals surface area contributed by atoms with Crippen LogP contribution in [0.4, 0.5) is 0 Å². The van der Waals surface area contributed by atoms with Gasteiger partial charge in [0.1, 0.15) is 12.7 Å². The summed E-state index contributed by atoms with van der Waals surface area (Å²) in [5, 5.41) is 4.13. The molecule has 84 valence electrons. The predicted octanol–water partition coefficient (Wildman–Crippen LogP) is 1.92. The quantitative estimate of drug-likeness (QED) is 0.935. The van der Waals surface area contributed by atoms with Gasteiger partial charge in [-0.15, -0.1) is 0 Å². The van der Waals surface area contributed by atoms with E-state index >= 15 is 0 Å². The molecule has 2 rings (SSSR count). The van der Waals surface area contributed by atoms with E-state index in [-0.39, 0.29) is 6.04 Å². The zero-order valence-corrected chi connectivity index (χ0v) is 10.6. The Labute approximate surface area is 103 Å². The number of nitrogens with zero attached hydrogens (tertiary/aromatic N) is 3. The molecule has 0 bridgehead atoms. The van der Waals surface area contributed by atoms with Gasteiger partial charge in [0.2, 0.25) is 0 Å². The van der Waals surface area contributed by atoms with Gasteiger partial charge in [0.15, 0.2) is 0 Å². The fraction of sp³-hybridized carbons (Fsp3) is 0.273. The normalized spacial score (nSPS) is 12.7. The first-order valence-electron chi connectivity index (χ1n) is 5.06. The summed E-state index contributed by atoms with van der Waals surface area (Å²) in [4.78, 5) is 3.95. The SMILES string of the molecule is CC(N)Cc1cc(Br)ccc1-n1cncn1. The van der Waals surface area contributed by atoms with Crippen molar-refractivity contribution in [1.82, 2.24) is 14.8 Å². The van der Waals surface area contributed by atoms with Crippen LogP contribution in [0.15, 0.2) is 35.3 Å². The summed E-state index contributed by atoms with van der Waals surface area (Å²) in [7, 11) is 0.